The van der Waals surface area contributed by atoms with Gasteiger partial charge in [0.2, 0.25) is 17.7 Å². The summed E-state index contributed by atoms with van der Waals surface area (Å²) in [6, 6.07) is 17.0. The molecular weight excluding hydrogens is 673 g/mol. The lowest BCUT2D eigenvalue weighted by atomic mass is 9.67. The van der Waals surface area contributed by atoms with Crippen LogP contribution in [0.1, 0.15) is 58.4 Å². The number of nitrogens with zero attached hydrogens (tertiary/aromatic N) is 4. The van der Waals surface area contributed by atoms with Crippen LogP contribution in [0.15, 0.2) is 77.8 Å². The Balaban J connectivity index is 1.22. The molecule has 264 valence electrons. The molecule has 0 bridgehead atoms. The first-order chi connectivity index (χ1) is 23.6. The fourth-order valence-corrected chi connectivity index (χ4v) is 7.29. The lowest BCUT2D eigenvalue weighted by Gasteiger charge is -2.42. The third-order valence-corrected chi connectivity index (χ3v) is 10.0. The summed E-state index contributed by atoms with van der Waals surface area (Å²) in [5.41, 5.74) is -0.634. The van der Waals surface area contributed by atoms with Gasteiger partial charge in [-0.3, -0.25) is 9.59 Å². The van der Waals surface area contributed by atoms with E-state index < -0.39 is 71.3 Å². The second kappa shape index (κ2) is 13.6. The van der Waals surface area contributed by atoms with E-state index in [-0.39, 0.29) is 37.1 Å². The Kier molecular flexibility index (Phi) is 9.57. The number of hydrogen-bond donors (Lipinski definition) is 2. The number of pyridine rings is 1. The Hall–Kier alpha value is -4.63. The van der Waals surface area contributed by atoms with Crippen LogP contribution >= 0.6 is 0 Å². The van der Waals surface area contributed by atoms with Crippen molar-refractivity contribution >= 4 is 51.8 Å². The van der Waals surface area contributed by atoms with Crippen LogP contribution in [0.2, 0.25) is 0 Å². The van der Waals surface area contributed by atoms with Crippen LogP contribution in [0.25, 0.3) is 11.0 Å². The fourth-order valence-electron chi connectivity index (χ4n) is 6.41. The van der Waals surface area contributed by atoms with Crippen molar-refractivity contribution in [1.29, 1.82) is 0 Å². The minimum atomic E-state index is -2.97. The molecule has 1 aliphatic carbocycles. The summed E-state index contributed by atoms with van der Waals surface area (Å²) in [6.07, 6.45) is -2.69. The molecule has 11 nitrogen and oxygen atoms in total. The van der Waals surface area contributed by atoms with Crippen LogP contribution in [-0.4, -0.2) is 72.4 Å². The van der Waals surface area contributed by atoms with E-state index in [0.29, 0.717) is 21.7 Å². The van der Waals surface area contributed by atoms with Crippen molar-refractivity contribution in [2.75, 3.05) is 16.6 Å². The molecule has 4 aromatic rings. The monoisotopic (exact) mass is 710 g/mol. The SMILES string of the molecule is CC(C)(C)OC(=O)n1ncc2nc(NC(=O)[C@H]3C[C@@H](F)CN3C(=O)C3(c4ccc(N[S+]([O-])c5ccccc5)cc4)CCC(F)(F)CC3)ccc21. The van der Waals surface area contributed by atoms with Crippen molar-refractivity contribution in [2.45, 2.75) is 86.9 Å². The van der Waals surface area contributed by atoms with Gasteiger partial charge in [-0.2, -0.15) is 9.78 Å². The topological polar surface area (TPSA) is 142 Å². The number of rotatable bonds is 7. The quantitative estimate of drug-likeness (QED) is 0.211. The Morgan fingerprint density at radius 2 is 1.66 bits per heavy atom. The number of anilines is 2. The normalized spacial score (nSPS) is 20.7. The third kappa shape index (κ3) is 7.43. The summed E-state index contributed by atoms with van der Waals surface area (Å²) < 4.78 is 66.1. The highest BCUT2D eigenvalue weighted by molar-refractivity contribution is 7.92. The van der Waals surface area contributed by atoms with Gasteiger partial charge in [0.1, 0.15) is 40.5 Å². The molecule has 0 spiro atoms. The number of amides is 2. The molecule has 3 atom stereocenters. The van der Waals surface area contributed by atoms with Crippen molar-refractivity contribution in [1.82, 2.24) is 19.7 Å². The average molecular weight is 711 g/mol. The van der Waals surface area contributed by atoms with Gasteiger partial charge >= 0.3 is 6.09 Å². The minimum Gasteiger partial charge on any atom is -0.588 e. The van der Waals surface area contributed by atoms with Crippen molar-refractivity contribution < 1.29 is 36.8 Å². The highest BCUT2D eigenvalue weighted by Crippen LogP contribution is 2.47. The van der Waals surface area contributed by atoms with Crippen LogP contribution < -0.4 is 10.0 Å². The summed E-state index contributed by atoms with van der Waals surface area (Å²) in [5.74, 6) is -4.18. The second-order valence-corrected chi connectivity index (χ2v) is 14.8. The highest BCUT2D eigenvalue weighted by atomic mass is 32.2. The van der Waals surface area contributed by atoms with E-state index >= 15 is 4.39 Å². The molecule has 2 aromatic carbocycles. The van der Waals surface area contributed by atoms with Gasteiger partial charge in [0, 0.05) is 19.3 Å². The fraction of sp³-hybridized carbons (Fsp3) is 0.400. The summed E-state index contributed by atoms with van der Waals surface area (Å²) in [6.45, 7) is 4.79. The number of carbonyl (C=O) groups excluding carboxylic acids is 3. The molecule has 1 unspecified atom stereocenters. The number of aromatic nitrogens is 3. The second-order valence-electron chi connectivity index (χ2n) is 13.6. The molecule has 2 aromatic heterocycles. The Bertz CT molecular complexity index is 1880. The highest BCUT2D eigenvalue weighted by Gasteiger charge is 2.53. The van der Waals surface area contributed by atoms with Crippen LogP contribution in [0, 0.1) is 0 Å². The van der Waals surface area contributed by atoms with Gasteiger partial charge in [0.25, 0.3) is 0 Å². The van der Waals surface area contributed by atoms with Crippen LogP contribution in [0.4, 0.5) is 29.5 Å². The summed E-state index contributed by atoms with van der Waals surface area (Å²) in [4.78, 5) is 46.7. The van der Waals surface area contributed by atoms with E-state index in [1.54, 1.807) is 75.4 Å². The lowest BCUT2D eigenvalue weighted by Crippen LogP contribution is -2.54. The lowest BCUT2D eigenvalue weighted by molar-refractivity contribution is -0.146. The largest absolute Gasteiger partial charge is 0.588 e. The average Bonchev–Trinajstić information content (AvgIpc) is 3.68. The van der Waals surface area contributed by atoms with Gasteiger partial charge in [-0.05, 0) is 75.6 Å². The number of likely N-dealkylation sites (tertiary alicyclic amines) is 1. The number of carbonyl (C=O) groups is 3. The number of hydrogen-bond acceptors (Lipinski definition) is 8. The molecule has 6 rings (SSSR count). The zero-order valence-electron chi connectivity index (χ0n) is 27.7. The predicted molar refractivity (Wildman–Crippen MR) is 181 cm³/mol. The van der Waals surface area contributed by atoms with Gasteiger partial charge in [-0.1, -0.05) is 30.3 Å². The number of nitrogens with one attached hydrogen (secondary N) is 2. The van der Waals surface area contributed by atoms with E-state index in [0.717, 1.165) is 9.58 Å². The summed E-state index contributed by atoms with van der Waals surface area (Å²) >= 11 is -1.56. The number of ether oxygens (including phenoxy) is 1. The van der Waals surface area contributed by atoms with E-state index in [9.17, 15) is 27.7 Å². The minimum absolute atomic E-state index is 0.0870. The van der Waals surface area contributed by atoms with Gasteiger partial charge in [-0.25, -0.2) is 27.7 Å². The number of alkyl halides is 3. The Morgan fingerprint density at radius 3 is 2.32 bits per heavy atom. The first-order valence-corrected chi connectivity index (χ1v) is 17.4. The first-order valence-electron chi connectivity index (χ1n) is 16.2. The molecule has 2 aliphatic rings. The van der Waals surface area contributed by atoms with Gasteiger partial charge in [0.05, 0.1) is 29.4 Å². The molecule has 0 radical (unpaired) electrons. The van der Waals surface area contributed by atoms with Crippen molar-refractivity contribution in [3.05, 3.63) is 78.5 Å². The molecule has 1 aliphatic heterocycles. The van der Waals surface area contributed by atoms with Crippen molar-refractivity contribution in [3.8, 4) is 0 Å². The van der Waals surface area contributed by atoms with E-state index in [2.05, 4.69) is 20.1 Å². The summed E-state index contributed by atoms with van der Waals surface area (Å²) in [7, 11) is 0. The first kappa shape index (κ1) is 35.2. The van der Waals surface area contributed by atoms with E-state index in [1.165, 1.54) is 18.3 Å². The molecule has 50 heavy (non-hydrogen) atoms. The zero-order chi connectivity index (χ0) is 35.8. The number of fused-ring (bicyclic) bond motifs is 1. The molecule has 1 saturated carbocycles. The molecule has 2 fully saturated rings. The maximum absolute atomic E-state index is 15.0. The van der Waals surface area contributed by atoms with Crippen LogP contribution in [0.3, 0.4) is 0 Å². The van der Waals surface area contributed by atoms with E-state index in [1.807, 2.05) is 0 Å². The smallest absolute Gasteiger partial charge is 0.435 e. The van der Waals surface area contributed by atoms with Crippen molar-refractivity contribution in [3.63, 3.8) is 0 Å². The molecule has 3 heterocycles. The van der Waals surface area contributed by atoms with Gasteiger partial charge in [0.15, 0.2) is 4.90 Å². The Morgan fingerprint density at radius 1 is 0.980 bits per heavy atom. The van der Waals surface area contributed by atoms with Crippen LogP contribution in [-0.2, 0) is 31.1 Å². The maximum Gasteiger partial charge on any atom is 0.435 e. The molecule has 15 heteroatoms. The van der Waals surface area contributed by atoms with E-state index in [4.69, 9.17) is 4.74 Å². The zero-order valence-corrected chi connectivity index (χ0v) is 28.5. The number of benzene rings is 2. The standard InChI is InChI=1S/C35H37F3N6O5S/c1-33(2,3)49-32(47)44-27-13-14-29(40-26(27)20-39-44)41-30(45)28-19-23(36)21-43(28)31(46)34(15-17-35(37,38)18-16-34)22-9-11-24(12-10-22)42-50(48)25-7-5-4-6-8-25/h4-14,20,23,28,42H,15-19,21H2,1-3H3,(H,40,41,45)/t23-,28-,50?/m1/s1. The molecule has 2 N–H and O–H groups in total. The summed E-state index contributed by atoms with van der Waals surface area (Å²) in [5, 5.41) is 6.69. The molecular formula is C35H37F3N6O5S. The van der Waals surface area contributed by atoms with Gasteiger partial charge < -0.3 is 19.5 Å². The Labute approximate surface area is 289 Å². The van der Waals surface area contributed by atoms with Crippen LogP contribution in [0.5, 0.6) is 0 Å². The molecule has 2 amide bonds. The van der Waals surface area contributed by atoms with Gasteiger partial charge in [-0.15, -0.1) is 0 Å². The maximum atomic E-state index is 15.0. The third-order valence-electron chi connectivity index (χ3n) is 8.91. The predicted octanol–water partition coefficient (Wildman–Crippen LogP) is 6.37. The van der Waals surface area contributed by atoms with Crippen molar-refractivity contribution in [2.24, 2.45) is 0 Å². The molecule has 1 saturated heterocycles. The number of halogens is 3.